The van der Waals surface area contributed by atoms with Gasteiger partial charge in [-0.3, -0.25) is 0 Å². The van der Waals surface area contributed by atoms with Gasteiger partial charge >= 0.3 is 0 Å². The van der Waals surface area contributed by atoms with E-state index in [4.69, 9.17) is 9.15 Å². The van der Waals surface area contributed by atoms with Crippen LogP contribution in [0.4, 0.5) is 5.69 Å². The molecule has 0 bridgehead atoms. The van der Waals surface area contributed by atoms with Crippen LogP contribution in [0.3, 0.4) is 0 Å². The third kappa shape index (κ3) is 4.35. The number of hydrogen-bond donors (Lipinski definition) is 2. The Kier molecular flexibility index (Phi) is 5.35. The molecule has 5 heteroatoms. The van der Waals surface area contributed by atoms with Crippen LogP contribution in [0.5, 0.6) is 5.75 Å². The summed E-state index contributed by atoms with van der Waals surface area (Å²) in [6.07, 6.45) is 2.11. The predicted octanol–water partition coefficient (Wildman–Crippen LogP) is 3.06. The summed E-state index contributed by atoms with van der Waals surface area (Å²) in [5.41, 5.74) is 0.249. The molecule has 1 fully saturated rings. The summed E-state index contributed by atoms with van der Waals surface area (Å²) in [5, 5.41) is 14.1. The number of furan rings is 1. The first-order valence-corrected chi connectivity index (χ1v) is 8.89. The van der Waals surface area contributed by atoms with Crippen molar-refractivity contribution in [2.75, 3.05) is 31.6 Å². The van der Waals surface area contributed by atoms with Crippen LogP contribution in [0.15, 0.2) is 40.8 Å². The second-order valence-electron chi connectivity index (χ2n) is 7.02. The fourth-order valence-electron chi connectivity index (χ4n) is 3.29. The van der Waals surface area contributed by atoms with E-state index in [0.717, 1.165) is 37.4 Å². The number of anilines is 1. The van der Waals surface area contributed by atoms with E-state index < -0.39 is 5.60 Å². The standard InChI is InChI=1S/C20H28N2O3/c1-15-4-9-19(25-15)20(2,23)14-21-16-10-12-22(13-11-16)17-5-7-18(24-3)8-6-17/h4-9,16,21,23H,10-14H2,1-3H3. The Balaban J connectivity index is 1.49. The molecule has 2 aromatic rings. The summed E-state index contributed by atoms with van der Waals surface area (Å²) in [6, 6.07) is 12.4. The number of hydrogen-bond acceptors (Lipinski definition) is 5. The van der Waals surface area contributed by atoms with E-state index in [-0.39, 0.29) is 0 Å². The molecule has 136 valence electrons. The van der Waals surface area contributed by atoms with Crippen molar-refractivity contribution in [3.63, 3.8) is 0 Å². The first-order valence-electron chi connectivity index (χ1n) is 8.89. The molecule has 5 nitrogen and oxygen atoms in total. The zero-order chi connectivity index (χ0) is 17.9. The van der Waals surface area contributed by atoms with E-state index >= 15 is 0 Å². The number of ether oxygens (including phenoxy) is 1. The number of methoxy groups -OCH3 is 1. The van der Waals surface area contributed by atoms with Crippen molar-refractivity contribution in [3.05, 3.63) is 47.9 Å². The van der Waals surface area contributed by atoms with Crippen LogP contribution in [-0.2, 0) is 5.60 Å². The molecular weight excluding hydrogens is 316 g/mol. The van der Waals surface area contributed by atoms with Crippen LogP contribution in [0.1, 0.15) is 31.3 Å². The molecule has 2 heterocycles. The van der Waals surface area contributed by atoms with Gasteiger partial charge in [-0.1, -0.05) is 0 Å². The Morgan fingerprint density at radius 2 is 1.88 bits per heavy atom. The van der Waals surface area contributed by atoms with Gasteiger partial charge in [-0.15, -0.1) is 0 Å². The predicted molar refractivity (Wildman–Crippen MR) is 99.2 cm³/mol. The minimum Gasteiger partial charge on any atom is -0.497 e. The monoisotopic (exact) mass is 344 g/mol. The van der Waals surface area contributed by atoms with Crippen molar-refractivity contribution in [2.24, 2.45) is 0 Å². The molecule has 1 aliphatic rings. The molecule has 1 aromatic carbocycles. The molecule has 1 atom stereocenters. The number of piperidine rings is 1. The highest BCUT2D eigenvalue weighted by molar-refractivity contribution is 5.49. The Bertz CT molecular complexity index is 671. The van der Waals surface area contributed by atoms with Gasteiger partial charge < -0.3 is 24.5 Å². The van der Waals surface area contributed by atoms with Crippen molar-refractivity contribution < 1.29 is 14.3 Å². The Labute approximate surface area is 149 Å². The van der Waals surface area contributed by atoms with Gasteiger partial charge in [0.1, 0.15) is 22.9 Å². The second kappa shape index (κ2) is 7.50. The fraction of sp³-hybridized carbons (Fsp3) is 0.500. The minimum atomic E-state index is -0.985. The van der Waals surface area contributed by atoms with Crippen LogP contribution in [0, 0.1) is 6.92 Å². The van der Waals surface area contributed by atoms with Crippen LogP contribution >= 0.6 is 0 Å². The largest absolute Gasteiger partial charge is 0.497 e. The van der Waals surface area contributed by atoms with E-state index in [1.165, 1.54) is 5.69 Å². The highest BCUT2D eigenvalue weighted by atomic mass is 16.5. The van der Waals surface area contributed by atoms with Crippen molar-refractivity contribution in [3.8, 4) is 5.75 Å². The highest BCUT2D eigenvalue weighted by Crippen LogP contribution is 2.25. The summed E-state index contributed by atoms with van der Waals surface area (Å²) < 4.78 is 10.8. The first kappa shape index (κ1) is 17.8. The van der Waals surface area contributed by atoms with Crippen LogP contribution in [0.2, 0.25) is 0 Å². The zero-order valence-electron chi connectivity index (χ0n) is 15.3. The number of benzene rings is 1. The first-order chi connectivity index (χ1) is 12.0. The maximum absolute atomic E-state index is 10.6. The molecule has 0 amide bonds. The molecule has 2 N–H and O–H groups in total. The Hall–Kier alpha value is -1.98. The van der Waals surface area contributed by atoms with Gasteiger partial charge in [-0.05, 0) is 63.1 Å². The summed E-state index contributed by atoms with van der Waals surface area (Å²) in [4.78, 5) is 2.39. The molecule has 1 unspecified atom stereocenters. The highest BCUT2D eigenvalue weighted by Gasteiger charge is 2.28. The van der Waals surface area contributed by atoms with Gasteiger partial charge in [0.15, 0.2) is 0 Å². The lowest BCUT2D eigenvalue weighted by Crippen LogP contribution is -2.46. The fourth-order valence-corrected chi connectivity index (χ4v) is 3.29. The smallest absolute Gasteiger partial charge is 0.136 e. The number of rotatable bonds is 6. The maximum atomic E-state index is 10.6. The van der Waals surface area contributed by atoms with E-state index in [2.05, 4.69) is 22.3 Å². The number of aliphatic hydroxyl groups is 1. The maximum Gasteiger partial charge on any atom is 0.136 e. The van der Waals surface area contributed by atoms with Gasteiger partial charge in [0.05, 0.1) is 7.11 Å². The van der Waals surface area contributed by atoms with Crippen molar-refractivity contribution in [2.45, 2.75) is 38.3 Å². The van der Waals surface area contributed by atoms with Gasteiger partial charge in [-0.25, -0.2) is 0 Å². The topological polar surface area (TPSA) is 57.9 Å². The van der Waals surface area contributed by atoms with Gasteiger partial charge in [0.25, 0.3) is 0 Å². The third-order valence-electron chi connectivity index (χ3n) is 4.94. The van der Waals surface area contributed by atoms with Crippen molar-refractivity contribution in [1.82, 2.24) is 5.32 Å². The number of nitrogens with zero attached hydrogens (tertiary/aromatic N) is 1. The number of nitrogens with one attached hydrogen (secondary N) is 1. The van der Waals surface area contributed by atoms with E-state index in [1.54, 1.807) is 14.0 Å². The summed E-state index contributed by atoms with van der Waals surface area (Å²) >= 11 is 0. The average Bonchev–Trinajstić information content (AvgIpc) is 3.08. The molecule has 25 heavy (non-hydrogen) atoms. The quantitative estimate of drug-likeness (QED) is 0.843. The SMILES string of the molecule is COc1ccc(N2CCC(NCC(C)(O)c3ccc(C)o3)CC2)cc1. The molecule has 1 aromatic heterocycles. The Morgan fingerprint density at radius 3 is 2.44 bits per heavy atom. The third-order valence-corrected chi connectivity index (χ3v) is 4.94. The van der Waals surface area contributed by atoms with E-state index in [0.29, 0.717) is 18.3 Å². The molecule has 3 rings (SSSR count). The van der Waals surface area contributed by atoms with Gasteiger partial charge in [0, 0.05) is 31.4 Å². The molecule has 0 saturated carbocycles. The minimum absolute atomic E-state index is 0.414. The van der Waals surface area contributed by atoms with E-state index in [1.807, 2.05) is 31.2 Å². The summed E-state index contributed by atoms with van der Waals surface area (Å²) in [6.45, 7) is 6.19. The van der Waals surface area contributed by atoms with Crippen LogP contribution < -0.4 is 15.0 Å². The molecule has 0 radical (unpaired) electrons. The molecule has 0 aliphatic carbocycles. The molecular formula is C20H28N2O3. The summed E-state index contributed by atoms with van der Waals surface area (Å²) in [7, 11) is 1.69. The lowest BCUT2D eigenvalue weighted by molar-refractivity contribution is 0.0300. The molecule has 0 spiro atoms. The van der Waals surface area contributed by atoms with Crippen molar-refractivity contribution in [1.29, 1.82) is 0 Å². The van der Waals surface area contributed by atoms with Gasteiger partial charge in [0.2, 0.25) is 0 Å². The molecule has 1 aliphatic heterocycles. The van der Waals surface area contributed by atoms with Crippen LogP contribution in [-0.4, -0.2) is 37.9 Å². The van der Waals surface area contributed by atoms with Gasteiger partial charge in [-0.2, -0.15) is 0 Å². The summed E-state index contributed by atoms with van der Waals surface area (Å²) in [5.74, 6) is 2.33. The lowest BCUT2D eigenvalue weighted by Gasteiger charge is -2.35. The van der Waals surface area contributed by atoms with Crippen molar-refractivity contribution >= 4 is 5.69 Å². The van der Waals surface area contributed by atoms with Crippen LogP contribution in [0.25, 0.3) is 0 Å². The molecule has 1 saturated heterocycles. The lowest BCUT2D eigenvalue weighted by atomic mass is 10.00. The average molecular weight is 344 g/mol. The second-order valence-corrected chi connectivity index (χ2v) is 7.02. The van der Waals surface area contributed by atoms with E-state index in [9.17, 15) is 5.11 Å². The normalized spacial score (nSPS) is 18.2. The number of aryl methyl sites for hydroxylation is 1. The Morgan fingerprint density at radius 1 is 1.20 bits per heavy atom. The zero-order valence-corrected chi connectivity index (χ0v) is 15.3.